The number of halogens is 1. The van der Waals surface area contributed by atoms with E-state index in [1.165, 1.54) is 11.3 Å². The predicted octanol–water partition coefficient (Wildman–Crippen LogP) is 3.00. The summed E-state index contributed by atoms with van der Waals surface area (Å²) in [5.41, 5.74) is 0.875. The third-order valence-electron chi connectivity index (χ3n) is 2.44. The van der Waals surface area contributed by atoms with Gasteiger partial charge in [0, 0.05) is 6.54 Å². The molecule has 0 saturated carbocycles. The Kier molecular flexibility index (Phi) is 4.62. The molecule has 0 fully saturated rings. The number of ether oxygens (including phenoxy) is 1. The summed E-state index contributed by atoms with van der Waals surface area (Å²) in [6.45, 7) is 0.252. The predicted molar refractivity (Wildman–Crippen MR) is 79.0 cm³/mol. The van der Waals surface area contributed by atoms with Crippen LogP contribution in [0.2, 0.25) is 0 Å². The van der Waals surface area contributed by atoms with Crippen molar-refractivity contribution in [1.82, 2.24) is 4.72 Å². The van der Waals surface area contributed by atoms with E-state index in [1.54, 1.807) is 31.4 Å². The maximum Gasteiger partial charge on any atom is 0.250 e. The van der Waals surface area contributed by atoms with Gasteiger partial charge in [-0.1, -0.05) is 12.1 Å². The van der Waals surface area contributed by atoms with Gasteiger partial charge in [0.1, 0.15) is 9.96 Å². The Bertz CT molecular complexity index is 650. The molecule has 1 heterocycles. The van der Waals surface area contributed by atoms with Gasteiger partial charge in [-0.15, -0.1) is 11.3 Å². The van der Waals surface area contributed by atoms with Crippen LogP contribution in [0.5, 0.6) is 5.75 Å². The van der Waals surface area contributed by atoms with E-state index in [0.717, 1.165) is 15.1 Å². The normalized spacial score (nSPS) is 11.5. The maximum atomic E-state index is 12.0. The van der Waals surface area contributed by atoms with Crippen LogP contribution in [0.15, 0.2) is 44.4 Å². The Labute approximate surface area is 124 Å². The minimum absolute atomic E-state index is 0.252. The molecular formula is C12H12BrNO3S2. The molecule has 0 aliphatic heterocycles. The van der Waals surface area contributed by atoms with E-state index in [9.17, 15) is 8.42 Å². The van der Waals surface area contributed by atoms with Gasteiger partial charge >= 0.3 is 0 Å². The fourth-order valence-corrected chi connectivity index (χ4v) is 4.51. The molecule has 4 nitrogen and oxygen atoms in total. The summed E-state index contributed by atoms with van der Waals surface area (Å²) >= 11 is 4.43. The maximum absolute atomic E-state index is 12.0. The number of nitrogens with one attached hydrogen (secondary N) is 1. The van der Waals surface area contributed by atoms with E-state index in [2.05, 4.69) is 20.7 Å². The fourth-order valence-electron chi connectivity index (χ4n) is 1.43. The zero-order chi connectivity index (χ0) is 13.9. The van der Waals surface area contributed by atoms with Gasteiger partial charge in [0.05, 0.1) is 10.9 Å². The quantitative estimate of drug-likeness (QED) is 0.890. The molecule has 19 heavy (non-hydrogen) atoms. The van der Waals surface area contributed by atoms with Crippen molar-refractivity contribution < 1.29 is 13.2 Å². The highest BCUT2D eigenvalue weighted by molar-refractivity contribution is 9.11. The molecule has 102 valence electrons. The van der Waals surface area contributed by atoms with Crippen LogP contribution in [-0.4, -0.2) is 15.5 Å². The Morgan fingerprint density at radius 2 is 1.89 bits per heavy atom. The molecule has 7 heteroatoms. The second kappa shape index (κ2) is 6.04. The van der Waals surface area contributed by atoms with Gasteiger partial charge in [-0.3, -0.25) is 0 Å². The fraction of sp³-hybridized carbons (Fsp3) is 0.167. The first-order valence-electron chi connectivity index (χ1n) is 5.39. The molecule has 1 aromatic heterocycles. The van der Waals surface area contributed by atoms with E-state index < -0.39 is 10.0 Å². The smallest absolute Gasteiger partial charge is 0.250 e. The summed E-state index contributed by atoms with van der Waals surface area (Å²) in [4.78, 5) is 0. The van der Waals surface area contributed by atoms with Gasteiger partial charge in [0.2, 0.25) is 10.0 Å². The highest BCUT2D eigenvalue weighted by Gasteiger charge is 2.15. The second-order valence-electron chi connectivity index (χ2n) is 3.73. The lowest BCUT2D eigenvalue weighted by Gasteiger charge is -2.05. The monoisotopic (exact) mass is 361 g/mol. The molecule has 0 unspecified atom stereocenters. The number of methoxy groups -OCH3 is 1. The van der Waals surface area contributed by atoms with Crippen molar-refractivity contribution in [2.24, 2.45) is 0 Å². The molecule has 0 bridgehead atoms. The molecule has 0 spiro atoms. The molecule has 2 rings (SSSR count). The van der Waals surface area contributed by atoms with Crippen molar-refractivity contribution in [3.05, 3.63) is 45.7 Å². The van der Waals surface area contributed by atoms with Gasteiger partial charge in [-0.05, 0) is 45.8 Å². The average molecular weight is 362 g/mol. The Morgan fingerprint density at radius 1 is 1.21 bits per heavy atom. The van der Waals surface area contributed by atoms with Crippen LogP contribution >= 0.6 is 27.3 Å². The van der Waals surface area contributed by atoms with Crippen LogP contribution in [0.25, 0.3) is 0 Å². The topological polar surface area (TPSA) is 55.4 Å². The van der Waals surface area contributed by atoms with Gasteiger partial charge in [0.15, 0.2) is 0 Å². The molecule has 0 aliphatic rings. The third-order valence-corrected chi connectivity index (χ3v) is 5.96. The zero-order valence-corrected chi connectivity index (χ0v) is 13.3. The van der Waals surface area contributed by atoms with Crippen molar-refractivity contribution in [2.45, 2.75) is 10.8 Å². The molecule has 0 amide bonds. The van der Waals surface area contributed by atoms with E-state index in [0.29, 0.717) is 4.21 Å². The molecular weight excluding hydrogens is 350 g/mol. The van der Waals surface area contributed by atoms with Gasteiger partial charge in [-0.25, -0.2) is 13.1 Å². The van der Waals surface area contributed by atoms with Crippen molar-refractivity contribution in [2.75, 3.05) is 7.11 Å². The van der Waals surface area contributed by atoms with Crippen LogP contribution < -0.4 is 9.46 Å². The summed E-state index contributed by atoms with van der Waals surface area (Å²) in [5.74, 6) is 0.744. The van der Waals surface area contributed by atoms with Crippen molar-refractivity contribution in [1.29, 1.82) is 0 Å². The number of hydrogen-bond acceptors (Lipinski definition) is 4. The molecule has 1 aromatic carbocycles. The molecule has 0 atom stereocenters. The van der Waals surface area contributed by atoms with Crippen LogP contribution in [0.1, 0.15) is 5.56 Å². The average Bonchev–Trinajstić information content (AvgIpc) is 2.85. The Hall–Kier alpha value is -0.890. The lowest BCUT2D eigenvalue weighted by atomic mass is 10.2. The summed E-state index contributed by atoms with van der Waals surface area (Å²) in [7, 11) is -1.86. The first-order chi connectivity index (χ1) is 9.01. The summed E-state index contributed by atoms with van der Waals surface area (Å²) in [5, 5.41) is 0. The third kappa shape index (κ3) is 3.79. The number of rotatable bonds is 5. The van der Waals surface area contributed by atoms with Crippen molar-refractivity contribution in [3.63, 3.8) is 0 Å². The minimum atomic E-state index is -3.45. The van der Waals surface area contributed by atoms with Crippen LogP contribution in [-0.2, 0) is 16.6 Å². The minimum Gasteiger partial charge on any atom is -0.497 e. The van der Waals surface area contributed by atoms with Crippen molar-refractivity contribution in [3.8, 4) is 5.75 Å². The molecule has 2 aromatic rings. The highest BCUT2D eigenvalue weighted by Crippen LogP contribution is 2.25. The van der Waals surface area contributed by atoms with E-state index in [1.807, 2.05) is 12.1 Å². The Morgan fingerprint density at radius 3 is 2.42 bits per heavy atom. The Balaban J connectivity index is 2.05. The molecule has 0 saturated heterocycles. The van der Waals surface area contributed by atoms with Crippen LogP contribution in [0.3, 0.4) is 0 Å². The number of sulfonamides is 1. The zero-order valence-electron chi connectivity index (χ0n) is 10.1. The summed E-state index contributed by atoms with van der Waals surface area (Å²) in [6.07, 6.45) is 0. The van der Waals surface area contributed by atoms with Crippen LogP contribution in [0, 0.1) is 0 Å². The summed E-state index contributed by atoms with van der Waals surface area (Å²) < 4.78 is 32.7. The SMILES string of the molecule is COc1ccc(CNS(=O)(=O)c2ccc(Br)s2)cc1. The second-order valence-corrected chi connectivity index (χ2v) is 8.19. The number of hydrogen-bond donors (Lipinski definition) is 1. The number of thiophene rings is 1. The van der Waals surface area contributed by atoms with Gasteiger partial charge in [-0.2, -0.15) is 0 Å². The van der Waals surface area contributed by atoms with E-state index in [-0.39, 0.29) is 6.54 Å². The molecule has 0 aliphatic carbocycles. The first kappa shape index (κ1) is 14.5. The first-order valence-corrected chi connectivity index (χ1v) is 8.48. The lowest BCUT2D eigenvalue weighted by molar-refractivity contribution is 0.414. The van der Waals surface area contributed by atoms with Gasteiger partial charge in [0.25, 0.3) is 0 Å². The molecule has 1 N–H and O–H groups in total. The van der Waals surface area contributed by atoms with Gasteiger partial charge < -0.3 is 4.74 Å². The number of benzene rings is 1. The lowest BCUT2D eigenvalue weighted by Crippen LogP contribution is -2.22. The highest BCUT2D eigenvalue weighted by atomic mass is 79.9. The van der Waals surface area contributed by atoms with E-state index >= 15 is 0 Å². The summed E-state index contributed by atoms with van der Waals surface area (Å²) in [6, 6.07) is 10.5. The largest absolute Gasteiger partial charge is 0.497 e. The standard InChI is InChI=1S/C12H12BrNO3S2/c1-17-10-4-2-9(3-5-10)8-14-19(15,16)12-7-6-11(13)18-12/h2-7,14H,8H2,1H3. The van der Waals surface area contributed by atoms with E-state index in [4.69, 9.17) is 4.74 Å². The van der Waals surface area contributed by atoms with Crippen LogP contribution in [0.4, 0.5) is 0 Å². The molecule has 0 radical (unpaired) electrons. The van der Waals surface area contributed by atoms with Crippen molar-refractivity contribution >= 4 is 37.3 Å².